The van der Waals surface area contributed by atoms with Crippen LogP contribution in [0.1, 0.15) is 24.4 Å². The number of amides is 1. The van der Waals surface area contributed by atoms with Gasteiger partial charge in [0.2, 0.25) is 0 Å². The van der Waals surface area contributed by atoms with Gasteiger partial charge in [0.15, 0.2) is 0 Å². The first-order chi connectivity index (χ1) is 14.4. The van der Waals surface area contributed by atoms with Crippen LogP contribution in [0.25, 0.3) is 0 Å². The Bertz CT molecular complexity index is 1060. The first-order valence-electron chi connectivity index (χ1n) is 9.19. The second-order valence-electron chi connectivity index (χ2n) is 6.58. The van der Waals surface area contributed by atoms with Crippen LogP contribution >= 0.6 is 11.8 Å². The number of carbonyl (C=O) groups is 2. The van der Waals surface area contributed by atoms with Gasteiger partial charge in [-0.1, -0.05) is 30.0 Å². The maximum atomic E-state index is 13.2. The van der Waals surface area contributed by atoms with Crippen LogP contribution in [0.2, 0.25) is 0 Å². The van der Waals surface area contributed by atoms with E-state index in [4.69, 9.17) is 4.42 Å². The minimum Gasteiger partial charge on any atom is -0.468 e. The summed E-state index contributed by atoms with van der Waals surface area (Å²) in [7, 11) is 1.31. The third-order valence-electron chi connectivity index (χ3n) is 4.53. The number of thioether (sulfide) groups is 1. The van der Waals surface area contributed by atoms with Gasteiger partial charge in [0.05, 0.1) is 41.0 Å². The summed E-state index contributed by atoms with van der Waals surface area (Å²) in [6.45, 7) is 3.56. The van der Waals surface area contributed by atoms with Crippen LogP contribution in [-0.2, 0) is 14.3 Å². The van der Waals surface area contributed by atoms with Crippen molar-refractivity contribution in [3.05, 3.63) is 75.9 Å². The normalized spacial score (nSPS) is 16.0. The molecule has 0 fully saturated rings. The lowest BCUT2D eigenvalue weighted by molar-refractivity contribution is -0.137. The second-order valence-corrected chi connectivity index (χ2v) is 7.57. The minimum absolute atomic E-state index is 0.0345. The zero-order valence-electron chi connectivity index (χ0n) is 16.8. The summed E-state index contributed by atoms with van der Waals surface area (Å²) in [6.07, 6.45) is 0. The molecule has 0 spiro atoms. The van der Waals surface area contributed by atoms with Gasteiger partial charge >= 0.3 is 5.97 Å². The number of carbonyl (C=O) groups excluding carboxylic acids is 2. The van der Waals surface area contributed by atoms with E-state index >= 15 is 0 Å². The Hall–Kier alpha value is -3.44. The van der Waals surface area contributed by atoms with E-state index in [1.54, 1.807) is 38.1 Å². The van der Waals surface area contributed by atoms with Crippen LogP contribution in [0.3, 0.4) is 0 Å². The summed E-state index contributed by atoms with van der Waals surface area (Å²) >= 11 is 1.15. The standard InChI is InChI=1S/C22H21N3O4S/c1-13-9-10-17(29-13)20-16(11-23)22(30-12-18(26)28-3)24-14(2)19(20)21(27)25-15-7-5-4-6-8-15/h4-10,20,24H,12H2,1-3H3,(H,25,27)/t20-/m0/s1. The molecule has 1 aromatic heterocycles. The number of aryl methyl sites for hydroxylation is 1. The molecular formula is C22H21N3O4S. The number of nitriles is 1. The number of hydrogen-bond acceptors (Lipinski definition) is 7. The number of anilines is 1. The number of furan rings is 1. The van der Waals surface area contributed by atoms with E-state index in [0.717, 1.165) is 11.8 Å². The number of methoxy groups -OCH3 is 1. The molecule has 1 atom stereocenters. The number of esters is 1. The van der Waals surface area contributed by atoms with Gasteiger partial charge in [-0.25, -0.2) is 0 Å². The molecule has 154 valence electrons. The molecule has 1 amide bonds. The van der Waals surface area contributed by atoms with Crippen molar-refractivity contribution in [3.8, 4) is 6.07 Å². The predicted molar refractivity (Wildman–Crippen MR) is 114 cm³/mol. The van der Waals surface area contributed by atoms with E-state index in [2.05, 4.69) is 21.4 Å². The molecular weight excluding hydrogens is 402 g/mol. The molecule has 0 saturated heterocycles. The second kappa shape index (κ2) is 9.37. The van der Waals surface area contributed by atoms with Crippen LogP contribution in [-0.4, -0.2) is 24.7 Å². The van der Waals surface area contributed by atoms with Gasteiger partial charge in [0.1, 0.15) is 11.5 Å². The van der Waals surface area contributed by atoms with E-state index in [9.17, 15) is 14.9 Å². The number of dihydropyridines is 1. The van der Waals surface area contributed by atoms with Crippen LogP contribution in [0, 0.1) is 18.3 Å². The average Bonchev–Trinajstić information content (AvgIpc) is 3.17. The van der Waals surface area contributed by atoms with Gasteiger partial charge < -0.3 is 19.8 Å². The molecule has 1 aliphatic rings. The van der Waals surface area contributed by atoms with Crippen molar-refractivity contribution in [3.63, 3.8) is 0 Å². The van der Waals surface area contributed by atoms with Gasteiger partial charge in [0, 0.05) is 11.4 Å². The smallest absolute Gasteiger partial charge is 0.316 e. The van der Waals surface area contributed by atoms with Crippen molar-refractivity contribution < 1.29 is 18.7 Å². The average molecular weight is 423 g/mol. The fourth-order valence-electron chi connectivity index (χ4n) is 3.13. The first-order valence-corrected chi connectivity index (χ1v) is 10.2. The van der Waals surface area contributed by atoms with Crippen molar-refractivity contribution in [2.45, 2.75) is 19.8 Å². The summed E-state index contributed by atoms with van der Waals surface area (Å²) < 4.78 is 10.5. The maximum Gasteiger partial charge on any atom is 0.316 e. The van der Waals surface area contributed by atoms with Crippen LogP contribution < -0.4 is 10.6 Å². The predicted octanol–water partition coefficient (Wildman–Crippen LogP) is 3.83. The van der Waals surface area contributed by atoms with Crippen molar-refractivity contribution in [1.82, 2.24) is 5.32 Å². The Labute approximate surface area is 178 Å². The van der Waals surface area contributed by atoms with Gasteiger partial charge in [0.25, 0.3) is 5.91 Å². The quantitative estimate of drug-likeness (QED) is 0.681. The zero-order valence-corrected chi connectivity index (χ0v) is 17.6. The molecule has 0 bridgehead atoms. The highest BCUT2D eigenvalue weighted by atomic mass is 32.2. The van der Waals surface area contributed by atoms with E-state index in [1.807, 2.05) is 18.2 Å². The van der Waals surface area contributed by atoms with E-state index in [1.165, 1.54) is 7.11 Å². The fraction of sp³-hybridized carbons (Fsp3) is 0.227. The largest absolute Gasteiger partial charge is 0.468 e. The van der Waals surface area contributed by atoms with Crippen molar-refractivity contribution in [2.75, 3.05) is 18.2 Å². The monoisotopic (exact) mass is 423 g/mol. The number of rotatable bonds is 6. The Kier molecular flexibility index (Phi) is 6.65. The van der Waals surface area contributed by atoms with Crippen molar-refractivity contribution >= 4 is 29.3 Å². The van der Waals surface area contributed by atoms with Crippen molar-refractivity contribution in [2.24, 2.45) is 0 Å². The van der Waals surface area contributed by atoms with Crippen molar-refractivity contribution in [1.29, 1.82) is 5.26 Å². The fourth-order valence-corrected chi connectivity index (χ4v) is 4.05. The van der Waals surface area contributed by atoms with Crippen LogP contribution in [0.4, 0.5) is 5.69 Å². The van der Waals surface area contributed by atoms with Crippen LogP contribution in [0.15, 0.2) is 68.8 Å². The third-order valence-corrected chi connectivity index (χ3v) is 5.52. The van der Waals surface area contributed by atoms with E-state index in [-0.39, 0.29) is 11.7 Å². The number of ether oxygens (including phenoxy) is 1. The topological polar surface area (TPSA) is 104 Å². The summed E-state index contributed by atoms with van der Waals surface area (Å²) in [5.41, 5.74) is 1.91. The summed E-state index contributed by atoms with van der Waals surface area (Å²) in [6, 6.07) is 14.8. The highest BCUT2D eigenvalue weighted by Crippen LogP contribution is 2.41. The highest BCUT2D eigenvalue weighted by molar-refractivity contribution is 8.03. The Morgan fingerprint density at radius 2 is 1.97 bits per heavy atom. The molecule has 8 heteroatoms. The number of nitrogens with one attached hydrogen (secondary N) is 2. The molecule has 2 aromatic rings. The van der Waals surface area contributed by atoms with Gasteiger partial charge in [-0.15, -0.1) is 0 Å². The number of nitrogens with zero attached hydrogens (tertiary/aromatic N) is 1. The third kappa shape index (κ3) is 4.58. The molecule has 0 radical (unpaired) electrons. The van der Waals surface area contributed by atoms with E-state index < -0.39 is 11.9 Å². The molecule has 2 N–H and O–H groups in total. The molecule has 2 heterocycles. The molecule has 7 nitrogen and oxygen atoms in total. The lowest BCUT2D eigenvalue weighted by atomic mass is 9.85. The van der Waals surface area contributed by atoms with Crippen LogP contribution in [0.5, 0.6) is 0 Å². The molecule has 0 saturated carbocycles. The molecule has 1 aliphatic heterocycles. The number of allylic oxidation sites excluding steroid dienone is 2. The number of benzene rings is 1. The van der Waals surface area contributed by atoms with Gasteiger partial charge in [-0.3, -0.25) is 9.59 Å². The lowest BCUT2D eigenvalue weighted by Crippen LogP contribution is -2.30. The molecule has 1 aromatic carbocycles. The Morgan fingerprint density at radius 1 is 1.23 bits per heavy atom. The lowest BCUT2D eigenvalue weighted by Gasteiger charge is -2.28. The Balaban J connectivity index is 2.01. The zero-order chi connectivity index (χ0) is 21.7. The molecule has 30 heavy (non-hydrogen) atoms. The maximum absolute atomic E-state index is 13.2. The first kappa shape index (κ1) is 21.3. The SMILES string of the molecule is COC(=O)CSC1=C(C#N)[C@@H](c2ccc(C)o2)C(C(=O)Nc2ccccc2)=C(C)N1. The highest BCUT2D eigenvalue weighted by Gasteiger charge is 2.36. The van der Waals surface area contributed by atoms with Gasteiger partial charge in [-0.05, 0) is 38.1 Å². The Morgan fingerprint density at radius 3 is 2.57 bits per heavy atom. The van der Waals surface area contributed by atoms with Gasteiger partial charge in [-0.2, -0.15) is 5.26 Å². The number of para-hydroxylation sites is 1. The van der Waals surface area contributed by atoms with E-state index in [0.29, 0.717) is 39.1 Å². The molecule has 0 unspecified atom stereocenters. The minimum atomic E-state index is -0.700. The summed E-state index contributed by atoms with van der Waals surface area (Å²) in [5.74, 6) is -0.258. The molecule has 3 rings (SSSR count). The molecule has 0 aliphatic carbocycles. The summed E-state index contributed by atoms with van der Waals surface area (Å²) in [4.78, 5) is 24.8. The number of hydrogen-bond donors (Lipinski definition) is 2. The summed E-state index contributed by atoms with van der Waals surface area (Å²) in [5, 5.41) is 16.4.